The van der Waals surface area contributed by atoms with Crippen LogP contribution in [0.15, 0.2) is 107 Å². The van der Waals surface area contributed by atoms with Crippen LogP contribution >= 0.6 is 0 Å². The molecule has 0 spiro atoms. The second-order valence-electron chi connectivity index (χ2n) is 11.7. The van der Waals surface area contributed by atoms with Crippen molar-refractivity contribution in [2.24, 2.45) is 11.5 Å². The van der Waals surface area contributed by atoms with Gasteiger partial charge < -0.3 is 15.2 Å². The van der Waals surface area contributed by atoms with Crippen LogP contribution < -0.4 is 20.9 Å². The van der Waals surface area contributed by atoms with E-state index < -0.39 is 21.1 Å². The molecule has 210 valence electrons. The Labute approximate surface area is 237 Å². The number of ether oxygens (including phenoxy) is 2. The molecular weight excluding hydrogens is 520 g/mol. The zero-order valence-corrected chi connectivity index (χ0v) is 24.8. The monoisotopic (exact) mass is 558 g/mol. The molecule has 0 aliphatic heterocycles. The molecule has 0 unspecified atom stereocenters. The van der Waals surface area contributed by atoms with E-state index in [-0.39, 0.29) is 15.2 Å². The number of hydrogen-bond donors (Lipinski definition) is 2. The minimum atomic E-state index is -3.66. The van der Waals surface area contributed by atoms with E-state index in [4.69, 9.17) is 20.9 Å². The summed E-state index contributed by atoms with van der Waals surface area (Å²) in [5.74, 6) is 1.93. The normalized spacial score (nSPS) is 12.7. The summed E-state index contributed by atoms with van der Waals surface area (Å²) in [7, 11) is -3.66. The zero-order chi connectivity index (χ0) is 29.3. The minimum absolute atomic E-state index is 0.197. The van der Waals surface area contributed by atoms with E-state index in [1.165, 1.54) is 0 Å². The van der Waals surface area contributed by atoms with Gasteiger partial charge in [0.1, 0.15) is 17.2 Å². The van der Waals surface area contributed by atoms with E-state index in [1.807, 2.05) is 64.1 Å². The van der Waals surface area contributed by atoms with Gasteiger partial charge >= 0.3 is 0 Å². The highest BCUT2D eigenvalue weighted by Crippen LogP contribution is 2.34. The zero-order valence-electron chi connectivity index (χ0n) is 23.9. The summed E-state index contributed by atoms with van der Waals surface area (Å²) in [6.45, 7) is 11.7. The molecule has 40 heavy (non-hydrogen) atoms. The van der Waals surface area contributed by atoms with Crippen LogP contribution in [0.5, 0.6) is 17.2 Å². The van der Waals surface area contributed by atoms with Crippen LogP contribution in [0.3, 0.4) is 0 Å². The third-order valence-electron chi connectivity index (χ3n) is 6.81. The standard InChI is InChI=1S/C33H38N2O4S/c1-31(2,24-9-15-28(16-10-24)39-33(5,6)35)23-7-13-26(14-8-23)38-27-17-21-30(22-18-27)40(36,37)29-19-11-25(12-20-29)32(3,4)34/h7-22H,34-35H2,1-6H3. The maximum absolute atomic E-state index is 13.1. The van der Waals surface area contributed by atoms with Gasteiger partial charge in [-0.25, -0.2) is 8.42 Å². The van der Waals surface area contributed by atoms with Crippen molar-refractivity contribution in [1.82, 2.24) is 0 Å². The van der Waals surface area contributed by atoms with Gasteiger partial charge in [-0.2, -0.15) is 0 Å². The largest absolute Gasteiger partial charge is 0.474 e. The van der Waals surface area contributed by atoms with E-state index in [1.54, 1.807) is 48.5 Å². The van der Waals surface area contributed by atoms with Crippen LogP contribution in [-0.4, -0.2) is 14.1 Å². The van der Waals surface area contributed by atoms with Crippen LogP contribution in [0.4, 0.5) is 0 Å². The quantitative estimate of drug-likeness (QED) is 0.216. The molecule has 0 amide bonds. The van der Waals surface area contributed by atoms with Gasteiger partial charge in [0.2, 0.25) is 9.84 Å². The lowest BCUT2D eigenvalue weighted by Gasteiger charge is -2.27. The number of sulfone groups is 1. The summed E-state index contributed by atoms with van der Waals surface area (Å²) in [6.07, 6.45) is 0. The molecule has 4 aromatic carbocycles. The Hall–Kier alpha value is -3.65. The number of benzene rings is 4. The summed E-state index contributed by atoms with van der Waals surface area (Å²) >= 11 is 0. The number of nitrogens with two attached hydrogens (primary N) is 2. The maximum atomic E-state index is 13.1. The number of hydrogen-bond acceptors (Lipinski definition) is 6. The van der Waals surface area contributed by atoms with Gasteiger partial charge in [-0.05, 0) is 105 Å². The molecule has 0 heterocycles. The molecule has 7 heteroatoms. The average molecular weight is 559 g/mol. The molecule has 0 fully saturated rings. The highest BCUT2D eigenvalue weighted by atomic mass is 32.2. The second kappa shape index (κ2) is 10.7. The molecule has 0 saturated heterocycles. The predicted octanol–water partition coefficient (Wildman–Crippen LogP) is 6.91. The third kappa shape index (κ3) is 6.73. The topological polar surface area (TPSA) is 105 Å². The Morgan fingerprint density at radius 2 is 0.875 bits per heavy atom. The summed E-state index contributed by atoms with van der Waals surface area (Å²) in [5.41, 5.74) is 13.7. The molecule has 0 atom stereocenters. The van der Waals surface area contributed by atoms with Crippen molar-refractivity contribution in [2.75, 3.05) is 0 Å². The fourth-order valence-corrected chi connectivity index (χ4v) is 5.63. The lowest BCUT2D eigenvalue weighted by molar-refractivity contribution is 0.117. The highest BCUT2D eigenvalue weighted by molar-refractivity contribution is 7.91. The first-order chi connectivity index (χ1) is 18.6. The first-order valence-electron chi connectivity index (χ1n) is 13.2. The first kappa shape index (κ1) is 29.3. The lowest BCUT2D eigenvalue weighted by Crippen LogP contribution is -2.38. The van der Waals surface area contributed by atoms with Crippen molar-refractivity contribution in [3.8, 4) is 17.2 Å². The van der Waals surface area contributed by atoms with Gasteiger partial charge in [0, 0.05) is 11.0 Å². The SMILES string of the molecule is CC(C)(N)Oc1ccc(C(C)(C)c2ccc(Oc3ccc(S(=O)(=O)c4ccc(C(C)(C)N)cc4)cc3)cc2)cc1. The van der Waals surface area contributed by atoms with Gasteiger partial charge in [-0.15, -0.1) is 0 Å². The average Bonchev–Trinajstić information content (AvgIpc) is 2.88. The Bertz CT molecular complexity index is 1550. The van der Waals surface area contributed by atoms with Crippen molar-refractivity contribution in [2.45, 2.75) is 68.0 Å². The van der Waals surface area contributed by atoms with E-state index in [2.05, 4.69) is 26.0 Å². The molecule has 0 aliphatic rings. The minimum Gasteiger partial charge on any atom is -0.474 e. The highest BCUT2D eigenvalue weighted by Gasteiger charge is 2.24. The molecule has 0 radical (unpaired) electrons. The second-order valence-corrected chi connectivity index (χ2v) is 13.7. The molecular formula is C33H38N2O4S. The van der Waals surface area contributed by atoms with Crippen molar-refractivity contribution in [1.29, 1.82) is 0 Å². The fourth-order valence-electron chi connectivity index (χ4n) is 4.37. The van der Waals surface area contributed by atoms with Gasteiger partial charge in [0.15, 0.2) is 5.72 Å². The molecule has 6 nitrogen and oxygen atoms in total. The van der Waals surface area contributed by atoms with Crippen molar-refractivity contribution < 1.29 is 17.9 Å². The first-order valence-corrected chi connectivity index (χ1v) is 14.7. The van der Waals surface area contributed by atoms with E-state index in [0.29, 0.717) is 11.5 Å². The van der Waals surface area contributed by atoms with Crippen molar-refractivity contribution in [3.63, 3.8) is 0 Å². The van der Waals surface area contributed by atoms with E-state index >= 15 is 0 Å². The van der Waals surface area contributed by atoms with Crippen molar-refractivity contribution >= 4 is 9.84 Å². The number of rotatable bonds is 9. The Morgan fingerprint density at radius 1 is 0.525 bits per heavy atom. The van der Waals surface area contributed by atoms with Crippen LogP contribution in [0.25, 0.3) is 0 Å². The van der Waals surface area contributed by atoms with E-state index in [9.17, 15) is 8.42 Å². The Balaban J connectivity index is 1.45. The predicted molar refractivity (Wildman–Crippen MR) is 160 cm³/mol. The van der Waals surface area contributed by atoms with Crippen molar-refractivity contribution in [3.05, 3.63) is 114 Å². The summed E-state index contributed by atoms with van der Waals surface area (Å²) in [4.78, 5) is 0.418. The van der Waals surface area contributed by atoms with Gasteiger partial charge in [-0.3, -0.25) is 5.73 Å². The Morgan fingerprint density at radius 3 is 1.27 bits per heavy atom. The van der Waals surface area contributed by atoms with Gasteiger partial charge in [-0.1, -0.05) is 50.2 Å². The third-order valence-corrected chi connectivity index (χ3v) is 8.60. The summed E-state index contributed by atoms with van der Waals surface area (Å²) < 4.78 is 38.0. The molecule has 4 rings (SSSR count). The maximum Gasteiger partial charge on any atom is 0.206 e. The van der Waals surface area contributed by atoms with Gasteiger partial charge in [0.25, 0.3) is 0 Å². The smallest absolute Gasteiger partial charge is 0.206 e. The van der Waals surface area contributed by atoms with Crippen LogP contribution in [0, 0.1) is 0 Å². The molecule has 0 aliphatic carbocycles. The van der Waals surface area contributed by atoms with Crippen LogP contribution in [0.1, 0.15) is 58.2 Å². The lowest BCUT2D eigenvalue weighted by atomic mass is 9.78. The summed E-state index contributed by atoms with van der Waals surface area (Å²) in [6, 6.07) is 29.0. The van der Waals surface area contributed by atoms with Crippen LogP contribution in [-0.2, 0) is 20.8 Å². The molecule has 4 N–H and O–H groups in total. The van der Waals surface area contributed by atoms with E-state index in [0.717, 1.165) is 22.4 Å². The molecule has 0 aromatic heterocycles. The Kier molecular flexibility index (Phi) is 7.87. The molecule has 0 bridgehead atoms. The molecule has 0 saturated carbocycles. The fraction of sp³-hybridized carbons (Fsp3) is 0.273. The molecule has 4 aromatic rings. The van der Waals surface area contributed by atoms with Gasteiger partial charge in [0.05, 0.1) is 9.79 Å². The van der Waals surface area contributed by atoms with Crippen LogP contribution in [0.2, 0.25) is 0 Å². The summed E-state index contributed by atoms with van der Waals surface area (Å²) in [5, 5.41) is 0.